The minimum Gasteiger partial charge on any atom is -0.464 e. The van der Waals surface area contributed by atoms with Gasteiger partial charge in [-0.05, 0) is 61.9 Å². The van der Waals surface area contributed by atoms with Gasteiger partial charge in [0.15, 0.2) is 16.6 Å². The van der Waals surface area contributed by atoms with E-state index in [2.05, 4.69) is 53.0 Å². The molecule has 7 heteroatoms. The van der Waals surface area contributed by atoms with Crippen molar-refractivity contribution in [2.45, 2.75) is 115 Å². The van der Waals surface area contributed by atoms with Crippen LogP contribution in [0.25, 0.3) is 0 Å². The Labute approximate surface area is 175 Å². The molecule has 1 saturated heterocycles. The molecule has 1 fully saturated rings. The van der Waals surface area contributed by atoms with E-state index < -0.39 is 16.6 Å². The Morgan fingerprint density at radius 3 is 2.21 bits per heavy atom. The third-order valence-corrected chi connectivity index (χ3v) is 15.4. The molecule has 166 valence electrons. The quantitative estimate of drug-likeness (QED) is 0.405. The molecule has 1 aliphatic rings. The monoisotopic (exact) mass is 431 g/mol. The van der Waals surface area contributed by atoms with Crippen LogP contribution in [0.5, 0.6) is 0 Å². The highest BCUT2D eigenvalue weighted by Gasteiger charge is 2.46. The smallest absolute Gasteiger partial charge is 0.302 e. The molecule has 1 heterocycles. The molecule has 0 aromatic heterocycles. The average molecular weight is 432 g/mol. The fourth-order valence-electron chi connectivity index (χ4n) is 3.15. The first-order valence-electron chi connectivity index (χ1n) is 10.7. The largest absolute Gasteiger partial charge is 0.464 e. The van der Waals surface area contributed by atoms with Crippen LogP contribution in [0.1, 0.15) is 67.2 Å². The minimum absolute atomic E-state index is 0.0629. The van der Waals surface area contributed by atoms with Crippen LogP contribution in [-0.2, 0) is 14.0 Å². The van der Waals surface area contributed by atoms with Gasteiger partial charge in [0.1, 0.15) is 6.61 Å². The fourth-order valence-corrected chi connectivity index (χ4v) is 4.95. The second kappa shape index (κ2) is 8.88. The van der Waals surface area contributed by atoms with Gasteiger partial charge >= 0.3 is 5.97 Å². The van der Waals surface area contributed by atoms with Gasteiger partial charge in [0.2, 0.25) is 0 Å². The number of carbonyl (C=O) groups is 1. The van der Waals surface area contributed by atoms with E-state index in [0.717, 1.165) is 25.7 Å². The molecule has 5 nitrogen and oxygen atoms in total. The lowest BCUT2D eigenvalue weighted by Crippen LogP contribution is -2.53. The van der Waals surface area contributed by atoms with Gasteiger partial charge in [-0.15, -0.1) is 0 Å². The predicted molar refractivity (Wildman–Crippen MR) is 122 cm³/mol. The van der Waals surface area contributed by atoms with Crippen molar-refractivity contribution in [1.29, 1.82) is 0 Å². The van der Waals surface area contributed by atoms with E-state index in [0.29, 0.717) is 13.2 Å². The number of rotatable bonds is 9. The van der Waals surface area contributed by atoms with Crippen molar-refractivity contribution >= 4 is 22.6 Å². The van der Waals surface area contributed by atoms with E-state index >= 15 is 0 Å². The summed E-state index contributed by atoms with van der Waals surface area (Å²) in [7, 11) is -4.11. The first kappa shape index (κ1) is 25.8. The summed E-state index contributed by atoms with van der Waals surface area (Å²) in [6, 6.07) is 0.175. The van der Waals surface area contributed by atoms with E-state index in [1.807, 2.05) is 13.1 Å². The van der Waals surface area contributed by atoms with E-state index in [4.69, 9.17) is 9.16 Å². The van der Waals surface area contributed by atoms with Crippen LogP contribution >= 0.6 is 0 Å². The lowest BCUT2D eigenvalue weighted by atomic mass is 9.89. The number of hydrogen-bond donors (Lipinski definition) is 2. The summed E-state index contributed by atoms with van der Waals surface area (Å²) in [5.74, 6) is -0.231. The Morgan fingerprint density at radius 1 is 1.18 bits per heavy atom. The van der Waals surface area contributed by atoms with Gasteiger partial charge in [-0.2, -0.15) is 0 Å². The summed E-state index contributed by atoms with van der Waals surface area (Å²) in [5.41, 5.74) is -0.114. The van der Waals surface area contributed by atoms with E-state index in [-0.39, 0.29) is 27.6 Å². The number of carbonyl (C=O) groups excluding carboxylic acids is 1. The van der Waals surface area contributed by atoms with E-state index in [1.165, 1.54) is 6.92 Å². The number of hydrogen-bond acceptors (Lipinski definition) is 5. The Morgan fingerprint density at radius 2 is 1.75 bits per heavy atom. The van der Waals surface area contributed by atoms with Crippen LogP contribution in [0.2, 0.25) is 36.3 Å². The van der Waals surface area contributed by atoms with Crippen molar-refractivity contribution in [2.24, 2.45) is 0 Å². The molecule has 0 aromatic carbocycles. The van der Waals surface area contributed by atoms with Gasteiger partial charge in [-0.25, -0.2) is 0 Å². The van der Waals surface area contributed by atoms with Gasteiger partial charge in [-0.1, -0.05) is 34.6 Å². The van der Waals surface area contributed by atoms with Crippen molar-refractivity contribution in [1.82, 2.24) is 5.32 Å². The third kappa shape index (κ3) is 6.94. The number of nitrogens with one attached hydrogen (secondary N) is 1. The summed E-state index contributed by atoms with van der Waals surface area (Å²) >= 11 is 0. The highest BCUT2D eigenvalue weighted by molar-refractivity contribution is 6.74. The zero-order chi connectivity index (χ0) is 22.0. The van der Waals surface area contributed by atoms with E-state index in [9.17, 15) is 9.59 Å². The second-order valence-corrected chi connectivity index (χ2v) is 20.7. The zero-order valence-corrected chi connectivity index (χ0v) is 22.0. The first-order chi connectivity index (χ1) is 12.4. The molecule has 0 saturated carbocycles. The molecule has 28 heavy (non-hydrogen) atoms. The minimum atomic E-state index is -2.26. The number of ether oxygens (including phenoxy) is 1. The fraction of sp³-hybridized carbons (Fsp3) is 0.952. The van der Waals surface area contributed by atoms with Crippen LogP contribution in [-0.4, -0.2) is 52.2 Å². The van der Waals surface area contributed by atoms with Gasteiger partial charge < -0.3 is 19.3 Å². The van der Waals surface area contributed by atoms with Crippen LogP contribution in [0.15, 0.2) is 0 Å². The Hall–Kier alpha value is -0.216. The molecule has 0 bridgehead atoms. The van der Waals surface area contributed by atoms with E-state index in [1.54, 1.807) is 0 Å². The summed E-state index contributed by atoms with van der Waals surface area (Å²) in [6.07, 6.45) is 3.91. The Kier molecular flexibility index (Phi) is 8.19. The van der Waals surface area contributed by atoms with Gasteiger partial charge in [0, 0.05) is 18.5 Å². The van der Waals surface area contributed by atoms with Crippen molar-refractivity contribution < 1.29 is 18.8 Å². The first-order valence-corrected chi connectivity index (χ1v) is 16.5. The normalized spacial score (nSPS) is 24.5. The van der Waals surface area contributed by atoms with Crippen LogP contribution in [0, 0.1) is 0 Å². The molecule has 2 unspecified atom stereocenters. The predicted octanol–water partition coefficient (Wildman–Crippen LogP) is 4.82. The maximum absolute atomic E-state index is 11.2. The zero-order valence-electron chi connectivity index (χ0n) is 20.0. The van der Waals surface area contributed by atoms with Crippen LogP contribution < -0.4 is 5.32 Å². The topological polar surface area (TPSA) is 67.8 Å². The lowest BCUT2D eigenvalue weighted by Gasteiger charge is -2.42. The molecule has 0 aromatic rings. The molecule has 1 aliphatic heterocycles. The van der Waals surface area contributed by atoms with Crippen LogP contribution in [0.4, 0.5) is 0 Å². The maximum Gasteiger partial charge on any atom is 0.302 e. The second-order valence-electron chi connectivity index (χ2n) is 11.5. The Balaban J connectivity index is 2.91. The van der Waals surface area contributed by atoms with Crippen molar-refractivity contribution in [3.63, 3.8) is 0 Å². The average Bonchev–Trinajstić information content (AvgIpc) is 2.91. The molecular weight excluding hydrogens is 386 g/mol. The molecule has 2 N–H and O–H groups in total. The van der Waals surface area contributed by atoms with Crippen molar-refractivity contribution in [3.05, 3.63) is 0 Å². The Bertz CT molecular complexity index is 506. The van der Waals surface area contributed by atoms with Crippen molar-refractivity contribution in [3.8, 4) is 0 Å². The van der Waals surface area contributed by atoms with Gasteiger partial charge in [-0.3, -0.25) is 4.79 Å². The van der Waals surface area contributed by atoms with Gasteiger partial charge in [0.05, 0.1) is 6.61 Å². The standard InChI is InChI=1S/C21H45NO4Si2/c1-17(23)25-15-18-11-12-21(22-18,14-13-20(5,6)27(7,8)24)16-26-28(9,10)19(2,3)4/h18,22,24H,11-16H2,1-10H3. The molecule has 1 rings (SSSR count). The highest BCUT2D eigenvalue weighted by atomic mass is 28.4. The highest BCUT2D eigenvalue weighted by Crippen LogP contribution is 2.44. The SMILES string of the molecule is CC(=O)OCC1CCC(CCC(C)(C)[Si](C)(C)O)(CO[Si](C)(C)C(C)(C)C)N1. The summed E-state index contributed by atoms with van der Waals surface area (Å²) in [5, 5.41) is 3.87. The molecule has 2 atom stereocenters. The molecule has 0 radical (unpaired) electrons. The van der Waals surface area contributed by atoms with Crippen molar-refractivity contribution in [2.75, 3.05) is 13.2 Å². The third-order valence-electron chi connectivity index (χ3n) is 7.37. The van der Waals surface area contributed by atoms with Gasteiger partial charge in [0.25, 0.3) is 0 Å². The molecule has 0 aliphatic carbocycles. The molecular formula is C21H45NO4Si2. The lowest BCUT2D eigenvalue weighted by molar-refractivity contribution is -0.141. The summed E-state index contributed by atoms with van der Waals surface area (Å²) in [4.78, 5) is 21.9. The molecule has 0 spiro atoms. The molecule has 0 amide bonds. The summed E-state index contributed by atoms with van der Waals surface area (Å²) in [6.45, 7) is 22.4. The summed E-state index contributed by atoms with van der Waals surface area (Å²) < 4.78 is 11.9. The number of esters is 1. The maximum atomic E-state index is 11.2. The van der Waals surface area contributed by atoms with Crippen LogP contribution in [0.3, 0.4) is 0 Å².